The van der Waals surface area contributed by atoms with Crippen molar-refractivity contribution >= 4 is 28.9 Å². The van der Waals surface area contributed by atoms with Gasteiger partial charge >= 0.3 is 11.8 Å². The van der Waals surface area contributed by atoms with E-state index in [1.165, 1.54) is 9.13 Å². The lowest BCUT2D eigenvalue weighted by molar-refractivity contribution is -0.135. The molecule has 0 aliphatic carbocycles. The number of nitrogens with zero attached hydrogens (tertiary/aromatic N) is 3. The first-order chi connectivity index (χ1) is 16.1. The van der Waals surface area contributed by atoms with Crippen LogP contribution in [0.25, 0.3) is 11.0 Å². The van der Waals surface area contributed by atoms with Gasteiger partial charge in [-0.1, -0.05) is 17.9 Å². The van der Waals surface area contributed by atoms with Crippen LogP contribution in [0.15, 0.2) is 23.0 Å². The molecule has 1 aromatic carbocycles. The van der Waals surface area contributed by atoms with Gasteiger partial charge in [0.2, 0.25) is 11.8 Å². The molecule has 0 radical (unpaired) electrons. The molecule has 0 spiro atoms. The molecule has 9 heteroatoms. The molecule has 34 heavy (non-hydrogen) atoms. The molecule has 2 saturated heterocycles. The highest BCUT2D eigenvalue weighted by atomic mass is 16.6. The number of carbonyl (C=O) groups is 3. The van der Waals surface area contributed by atoms with Gasteiger partial charge in [0.1, 0.15) is 11.6 Å². The molecule has 2 atom stereocenters. The van der Waals surface area contributed by atoms with Gasteiger partial charge in [0.05, 0.1) is 22.6 Å². The number of amides is 3. The van der Waals surface area contributed by atoms with Gasteiger partial charge in [-0.25, -0.2) is 9.59 Å². The smallest absolute Gasteiger partial charge is 0.411 e. The summed E-state index contributed by atoms with van der Waals surface area (Å²) in [6.45, 7) is 6.10. The van der Waals surface area contributed by atoms with Crippen molar-refractivity contribution in [1.29, 1.82) is 0 Å². The van der Waals surface area contributed by atoms with Crippen LogP contribution in [-0.2, 0) is 21.4 Å². The molecule has 2 aromatic rings. The maximum absolute atomic E-state index is 13.1. The summed E-state index contributed by atoms with van der Waals surface area (Å²) >= 11 is 0. The molecular formula is C25H30N4O5. The first kappa shape index (κ1) is 23.6. The molecule has 2 fully saturated rings. The fraction of sp³-hybridized carbons (Fsp3) is 0.520. The second-order valence-corrected chi connectivity index (χ2v) is 9.81. The van der Waals surface area contributed by atoms with Crippen LogP contribution in [-0.4, -0.2) is 50.1 Å². The molecule has 4 rings (SSSR count). The van der Waals surface area contributed by atoms with Crippen molar-refractivity contribution in [2.75, 3.05) is 6.54 Å². The number of carbonyl (C=O) groups excluding carboxylic acids is 3. The third-order valence-electron chi connectivity index (χ3n) is 6.13. The Morgan fingerprint density at radius 2 is 1.91 bits per heavy atom. The molecule has 1 aromatic heterocycles. The Kier molecular flexibility index (Phi) is 6.26. The van der Waals surface area contributed by atoms with Crippen LogP contribution in [0.3, 0.4) is 0 Å². The molecule has 3 amide bonds. The van der Waals surface area contributed by atoms with Crippen molar-refractivity contribution in [3.63, 3.8) is 0 Å². The molecule has 180 valence electrons. The molecule has 2 aliphatic rings. The lowest BCUT2D eigenvalue weighted by Crippen LogP contribution is -2.45. The summed E-state index contributed by atoms with van der Waals surface area (Å²) in [7, 11) is 1.64. The highest BCUT2D eigenvalue weighted by Crippen LogP contribution is 2.25. The van der Waals surface area contributed by atoms with E-state index in [2.05, 4.69) is 17.2 Å². The zero-order chi connectivity index (χ0) is 24.6. The molecule has 0 bridgehead atoms. The van der Waals surface area contributed by atoms with E-state index < -0.39 is 17.6 Å². The van der Waals surface area contributed by atoms with Gasteiger partial charge in [0, 0.05) is 20.0 Å². The van der Waals surface area contributed by atoms with Gasteiger partial charge in [-0.05, 0) is 58.6 Å². The number of nitrogens with one attached hydrogen (secondary N) is 1. The SMILES string of the molecule is Cn1c(=O)n(C2CCC(=O)NC2=O)c2cccc(C#CC3CCCCN3C(=O)OC(C)(C)C)c21. The number of benzene rings is 1. The van der Waals surface area contributed by atoms with Crippen molar-refractivity contribution in [3.05, 3.63) is 34.2 Å². The van der Waals surface area contributed by atoms with E-state index in [1.54, 1.807) is 24.1 Å². The fourth-order valence-corrected chi connectivity index (χ4v) is 4.55. The zero-order valence-electron chi connectivity index (χ0n) is 20.0. The predicted molar refractivity (Wildman–Crippen MR) is 126 cm³/mol. The van der Waals surface area contributed by atoms with Gasteiger partial charge in [0.15, 0.2) is 0 Å². The number of imide groups is 1. The van der Waals surface area contributed by atoms with Crippen molar-refractivity contribution in [3.8, 4) is 11.8 Å². The minimum absolute atomic E-state index is 0.181. The number of likely N-dealkylation sites (tertiary alicyclic amines) is 1. The Balaban J connectivity index is 1.70. The Bertz CT molecular complexity index is 1270. The summed E-state index contributed by atoms with van der Waals surface area (Å²) in [6.07, 6.45) is 2.69. The lowest BCUT2D eigenvalue weighted by atomic mass is 10.0. The fourth-order valence-electron chi connectivity index (χ4n) is 4.55. The van der Waals surface area contributed by atoms with Gasteiger partial charge in [-0.3, -0.25) is 28.9 Å². The minimum atomic E-state index is -0.752. The van der Waals surface area contributed by atoms with E-state index in [0.717, 1.165) is 19.3 Å². The second kappa shape index (κ2) is 9.01. The number of aryl methyl sites for hydroxylation is 1. The predicted octanol–water partition coefficient (Wildman–Crippen LogP) is 2.46. The van der Waals surface area contributed by atoms with E-state index in [9.17, 15) is 19.2 Å². The number of ether oxygens (including phenoxy) is 1. The standard InChI is InChI=1S/C25H30N4O5/c1-25(2,3)34-24(33)28-15-6-5-9-17(28)12-11-16-8-7-10-18-21(16)27(4)23(32)29(18)19-13-14-20(30)26-22(19)31/h7-8,10,17,19H,5-6,9,13-15H2,1-4H3,(H,26,30,31). The second-order valence-electron chi connectivity index (χ2n) is 9.81. The summed E-state index contributed by atoms with van der Waals surface area (Å²) in [6, 6.07) is 4.36. The summed E-state index contributed by atoms with van der Waals surface area (Å²) in [5, 5.41) is 2.32. The van der Waals surface area contributed by atoms with Crippen molar-refractivity contribution in [2.45, 2.75) is 70.6 Å². The summed E-state index contributed by atoms with van der Waals surface area (Å²) < 4.78 is 8.48. The summed E-state index contributed by atoms with van der Waals surface area (Å²) in [5.41, 5.74) is 0.908. The van der Waals surface area contributed by atoms with Crippen LogP contribution in [0.4, 0.5) is 4.79 Å². The highest BCUT2D eigenvalue weighted by molar-refractivity contribution is 6.00. The number of hydrogen-bond acceptors (Lipinski definition) is 5. The van der Waals surface area contributed by atoms with Crippen LogP contribution in [0.2, 0.25) is 0 Å². The van der Waals surface area contributed by atoms with E-state index >= 15 is 0 Å². The minimum Gasteiger partial charge on any atom is -0.444 e. The van der Waals surface area contributed by atoms with Crippen molar-refractivity contribution < 1.29 is 19.1 Å². The number of rotatable bonds is 1. The topological polar surface area (TPSA) is 103 Å². The normalized spacial score (nSPS) is 21.1. The molecule has 3 heterocycles. The number of para-hydroxylation sites is 1. The van der Waals surface area contributed by atoms with Gasteiger partial charge in [-0.15, -0.1) is 0 Å². The summed E-state index contributed by atoms with van der Waals surface area (Å²) in [4.78, 5) is 51.5. The molecular weight excluding hydrogens is 436 g/mol. The monoisotopic (exact) mass is 466 g/mol. The van der Waals surface area contributed by atoms with Gasteiger partial charge in [-0.2, -0.15) is 0 Å². The Hall–Kier alpha value is -3.54. The molecule has 9 nitrogen and oxygen atoms in total. The van der Waals surface area contributed by atoms with Gasteiger partial charge < -0.3 is 4.74 Å². The van der Waals surface area contributed by atoms with Crippen LogP contribution < -0.4 is 11.0 Å². The van der Waals surface area contributed by atoms with Crippen LogP contribution in [0, 0.1) is 11.8 Å². The Morgan fingerprint density at radius 1 is 1.15 bits per heavy atom. The average molecular weight is 467 g/mol. The van der Waals surface area contributed by atoms with Crippen molar-refractivity contribution in [2.24, 2.45) is 7.05 Å². The maximum Gasteiger partial charge on any atom is 0.411 e. The first-order valence-corrected chi connectivity index (χ1v) is 11.6. The van der Waals surface area contributed by atoms with Crippen LogP contribution in [0.5, 0.6) is 0 Å². The first-order valence-electron chi connectivity index (χ1n) is 11.6. The number of piperidine rings is 2. The quantitative estimate of drug-likeness (QED) is 0.514. The zero-order valence-corrected chi connectivity index (χ0v) is 20.0. The van der Waals surface area contributed by atoms with Crippen molar-refractivity contribution in [1.82, 2.24) is 19.4 Å². The average Bonchev–Trinajstić information content (AvgIpc) is 3.02. The van der Waals surface area contributed by atoms with Crippen LogP contribution in [0.1, 0.15) is 64.5 Å². The Morgan fingerprint density at radius 3 is 2.62 bits per heavy atom. The number of aromatic nitrogens is 2. The molecule has 1 N–H and O–H groups in total. The number of imidazole rings is 1. The number of hydrogen-bond donors (Lipinski definition) is 1. The maximum atomic E-state index is 13.1. The lowest BCUT2D eigenvalue weighted by Gasteiger charge is -2.34. The third kappa shape index (κ3) is 4.58. The van der Waals surface area contributed by atoms with Crippen LogP contribution >= 0.6 is 0 Å². The van der Waals surface area contributed by atoms with E-state index in [-0.39, 0.29) is 36.6 Å². The number of fused-ring (bicyclic) bond motifs is 1. The third-order valence-corrected chi connectivity index (χ3v) is 6.13. The summed E-state index contributed by atoms with van der Waals surface area (Å²) in [5.74, 6) is 5.60. The van der Waals surface area contributed by atoms with E-state index in [0.29, 0.717) is 23.1 Å². The van der Waals surface area contributed by atoms with E-state index in [4.69, 9.17) is 4.74 Å². The molecule has 2 unspecified atom stereocenters. The van der Waals surface area contributed by atoms with E-state index in [1.807, 2.05) is 26.8 Å². The largest absolute Gasteiger partial charge is 0.444 e. The van der Waals surface area contributed by atoms with Gasteiger partial charge in [0.25, 0.3) is 0 Å². The molecule has 2 aliphatic heterocycles. The highest BCUT2D eigenvalue weighted by Gasteiger charge is 2.32. The Labute approximate surface area is 198 Å². The molecule has 0 saturated carbocycles.